The zero-order valence-corrected chi connectivity index (χ0v) is 8.62. The van der Waals surface area contributed by atoms with Gasteiger partial charge in [-0.1, -0.05) is 0 Å². The van der Waals surface area contributed by atoms with Gasteiger partial charge < -0.3 is 0 Å². The monoisotopic (exact) mass is 333 g/mol. The van der Waals surface area contributed by atoms with E-state index in [-0.39, 0.29) is 0 Å². The van der Waals surface area contributed by atoms with Crippen LogP contribution in [0.3, 0.4) is 0 Å². The molecule has 20 heavy (non-hydrogen) atoms. The van der Waals surface area contributed by atoms with Crippen molar-refractivity contribution in [2.24, 2.45) is 0 Å². The lowest BCUT2D eigenvalue weighted by atomic mass is 9.83. The minimum Gasteiger partial charge on any atom is -0.223 e. The summed E-state index contributed by atoms with van der Waals surface area (Å²) in [5.74, 6) is -22.1. The maximum Gasteiger partial charge on any atom is 0.457 e. The Hall–Kier alpha value is -0.910. The Morgan fingerprint density at radius 2 is 0.650 bits per heavy atom. The fraction of sp³-hybridized carbons (Fsp3) is 0.857. The maximum atomic E-state index is 13.1. The van der Waals surface area contributed by atoms with Crippen LogP contribution < -0.4 is 0 Å². The summed E-state index contributed by atoms with van der Waals surface area (Å²) in [7, 11) is 0. The summed E-state index contributed by atoms with van der Waals surface area (Å²) in [6.07, 6.45) is -14.9. The van der Waals surface area contributed by atoms with Crippen molar-refractivity contribution in [3.63, 3.8) is 0 Å². The molecular formula is C7H2F13. The quantitative estimate of drug-likeness (QED) is 0.665. The second-order valence-corrected chi connectivity index (χ2v) is 3.51. The zero-order valence-electron chi connectivity index (χ0n) is 8.62. The minimum atomic E-state index is -7.73. The Kier molecular flexibility index (Phi) is 4.10. The van der Waals surface area contributed by atoms with Gasteiger partial charge in [-0.05, 0) is 0 Å². The van der Waals surface area contributed by atoms with Gasteiger partial charge in [-0.3, -0.25) is 0 Å². The standard InChI is InChI=1S/C7H2F13/c1-2(8,9)3(10,4(11,12)6(15,16)17)5(13,14)7(18,19)20/h1H2. The third-order valence-electron chi connectivity index (χ3n) is 2.08. The second kappa shape index (κ2) is 4.29. The van der Waals surface area contributed by atoms with Crippen LogP contribution in [0.5, 0.6) is 0 Å². The summed E-state index contributed by atoms with van der Waals surface area (Å²) in [6.45, 7) is 0.934. The molecule has 0 heterocycles. The molecule has 0 aromatic carbocycles. The summed E-state index contributed by atoms with van der Waals surface area (Å²) in [5.41, 5.74) is -7.66. The van der Waals surface area contributed by atoms with Crippen LogP contribution in [0, 0.1) is 6.92 Å². The van der Waals surface area contributed by atoms with Gasteiger partial charge in [0.25, 0.3) is 5.92 Å². The first kappa shape index (κ1) is 19.1. The first-order valence-electron chi connectivity index (χ1n) is 4.06. The predicted molar refractivity (Wildman–Crippen MR) is 36.1 cm³/mol. The van der Waals surface area contributed by atoms with Crippen molar-refractivity contribution in [1.82, 2.24) is 0 Å². The third-order valence-corrected chi connectivity index (χ3v) is 2.08. The van der Waals surface area contributed by atoms with Crippen LogP contribution in [0.4, 0.5) is 57.1 Å². The van der Waals surface area contributed by atoms with Crippen molar-refractivity contribution < 1.29 is 57.1 Å². The van der Waals surface area contributed by atoms with Crippen LogP contribution in [-0.2, 0) is 0 Å². The summed E-state index contributed by atoms with van der Waals surface area (Å²) in [4.78, 5) is 0. The van der Waals surface area contributed by atoms with Crippen molar-refractivity contribution in [3.8, 4) is 0 Å². The van der Waals surface area contributed by atoms with Crippen LogP contribution in [0.15, 0.2) is 0 Å². The van der Waals surface area contributed by atoms with E-state index in [0.717, 1.165) is 6.92 Å². The van der Waals surface area contributed by atoms with Crippen LogP contribution in [0.2, 0.25) is 0 Å². The number of halogens is 13. The largest absolute Gasteiger partial charge is 0.457 e. The molecule has 0 saturated heterocycles. The normalized spacial score (nSPS) is 16.5. The number of alkyl halides is 13. The van der Waals surface area contributed by atoms with Crippen molar-refractivity contribution in [1.29, 1.82) is 0 Å². The average Bonchev–Trinajstić information content (AvgIpc) is 2.10. The van der Waals surface area contributed by atoms with E-state index in [1.54, 1.807) is 0 Å². The number of hydrogen-bond donors (Lipinski definition) is 0. The van der Waals surface area contributed by atoms with E-state index in [9.17, 15) is 57.1 Å². The summed E-state index contributed by atoms with van der Waals surface area (Å²) in [6, 6.07) is 0. The van der Waals surface area contributed by atoms with Crippen LogP contribution >= 0.6 is 0 Å². The highest BCUT2D eigenvalue weighted by Crippen LogP contribution is 2.61. The topological polar surface area (TPSA) is 0 Å². The molecule has 0 aromatic heterocycles. The molecule has 121 valence electrons. The Bertz CT molecular complexity index is 326. The lowest BCUT2D eigenvalue weighted by Crippen LogP contribution is -2.74. The molecule has 13 heteroatoms. The molecule has 0 atom stereocenters. The molecule has 0 aliphatic rings. The molecule has 0 amide bonds. The van der Waals surface area contributed by atoms with Gasteiger partial charge in [0.05, 0.1) is 0 Å². The smallest absolute Gasteiger partial charge is 0.223 e. The highest BCUT2D eigenvalue weighted by Gasteiger charge is 2.92. The zero-order chi connectivity index (χ0) is 17.0. The average molecular weight is 333 g/mol. The molecule has 0 spiro atoms. The van der Waals surface area contributed by atoms with E-state index in [0.29, 0.717) is 0 Å². The molecule has 1 radical (unpaired) electrons. The van der Waals surface area contributed by atoms with Gasteiger partial charge in [-0.2, -0.15) is 43.9 Å². The second-order valence-electron chi connectivity index (χ2n) is 3.51. The Labute approximate surface area is 101 Å². The molecule has 0 bridgehead atoms. The van der Waals surface area contributed by atoms with Gasteiger partial charge in [0.15, 0.2) is 0 Å². The summed E-state index contributed by atoms with van der Waals surface area (Å²) < 4.78 is 158. The number of rotatable bonds is 3. The van der Waals surface area contributed by atoms with Gasteiger partial charge in [0.2, 0.25) is 0 Å². The SMILES string of the molecule is [CH2]C(F)(F)C(F)(C(F)(F)C(F)(F)F)C(F)(F)C(F)(F)F. The van der Waals surface area contributed by atoms with Gasteiger partial charge in [0.1, 0.15) is 0 Å². The molecule has 0 aliphatic carbocycles. The van der Waals surface area contributed by atoms with E-state index in [4.69, 9.17) is 0 Å². The van der Waals surface area contributed by atoms with Gasteiger partial charge in [0, 0.05) is 6.92 Å². The molecule has 0 saturated carbocycles. The fourth-order valence-corrected chi connectivity index (χ4v) is 1.05. The maximum absolute atomic E-state index is 13.1. The highest BCUT2D eigenvalue weighted by molar-refractivity contribution is 5.17. The van der Waals surface area contributed by atoms with E-state index in [1.165, 1.54) is 0 Å². The van der Waals surface area contributed by atoms with E-state index >= 15 is 0 Å². The lowest BCUT2D eigenvalue weighted by molar-refractivity contribution is -0.435. The lowest BCUT2D eigenvalue weighted by Gasteiger charge is -2.42. The van der Waals surface area contributed by atoms with Gasteiger partial charge >= 0.3 is 29.9 Å². The first-order valence-corrected chi connectivity index (χ1v) is 4.06. The summed E-state index contributed by atoms with van der Waals surface area (Å²) in [5, 5.41) is 0. The van der Waals surface area contributed by atoms with Crippen molar-refractivity contribution in [2.75, 3.05) is 0 Å². The molecule has 0 aromatic rings. The van der Waals surface area contributed by atoms with E-state index in [1.807, 2.05) is 0 Å². The molecule has 0 N–H and O–H groups in total. The van der Waals surface area contributed by atoms with Gasteiger partial charge in [-0.25, -0.2) is 13.2 Å². The molecule has 0 rings (SSSR count). The minimum absolute atomic E-state index is 0.934. The summed E-state index contributed by atoms with van der Waals surface area (Å²) >= 11 is 0. The highest BCUT2D eigenvalue weighted by atomic mass is 19.4. The van der Waals surface area contributed by atoms with Crippen LogP contribution in [-0.4, -0.2) is 35.8 Å². The molecular weight excluding hydrogens is 331 g/mol. The van der Waals surface area contributed by atoms with Crippen LogP contribution in [0.1, 0.15) is 0 Å². The van der Waals surface area contributed by atoms with E-state index < -0.39 is 35.8 Å². The van der Waals surface area contributed by atoms with Gasteiger partial charge in [-0.15, -0.1) is 0 Å². The predicted octanol–water partition coefficient (Wildman–Crippen LogP) is 4.56. The molecule has 0 aliphatic heterocycles. The third kappa shape index (κ3) is 2.28. The van der Waals surface area contributed by atoms with Crippen molar-refractivity contribution >= 4 is 0 Å². The number of hydrogen-bond acceptors (Lipinski definition) is 0. The first-order chi connectivity index (χ1) is 8.25. The molecule has 0 nitrogen and oxygen atoms in total. The Balaban J connectivity index is 6.50. The fourth-order valence-electron chi connectivity index (χ4n) is 1.05. The Morgan fingerprint density at radius 3 is 0.750 bits per heavy atom. The van der Waals surface area contributed by atoms with Crippen molar-refractivity contribution in [2.45, 2.75) is 35.8 Å². The molecule has 0 fully saturated rings. The Morgan fingerprint density at radius 1 is 0.450 bits per heavy atom. The molecule has 0 unspecified atom stereocenters. The van der Waals surface area contributed by atoms with Crippen LogP contribution in [0.25, 0.3) is 0 Å². The van der Waals surface area contributed by atoms with Crippen molar-refractivity contribution in [3.05, 3.63) is 6.92 Å². The van der Waals surface area contributed by atoms with E-state index in [2.05, 4.69) is 0 Å².